The maximum Gasteiger partial charge on any atom is 0.255 e. The summed E-state index contributed by atoms with van der Waals surface area (Å²) in [7, 11) is -3.32. The van der Waals surface area contributed by atoms with Gasteiger partial charge in [-0.3, -0.25) is 9.78 Å². The highest BCUT2D eigenvalue weighted by Gasteiger charge is 2.41. The molecule has 1 aliphatic heterocycles. The van der Waals surface area contributed by atoms with E-state index in [0.717, 1.165) is 25.7 Å². The quantitative estimate of drug-likeness (QED) is 0.891. The molecule has 7 heteroatoms. The third-order valence-corrected chi connectivity index (χ3v) is 6.01. The number of nitrogens with one attached hydrogen (secondary N) is 1. The van der Waals surface area contributed by atoms with E-state index in [0.29, 0.717) is 5.56 Å². The van der Waals surface area contributed by atoms with E-state index < -0.39 is 15.3 Å². The van der Waals surface area contributed by atoms with Crippen LogP contribution in [-0.4, -0.2) is 48.6 Å². The number of carbonyl (C=O) groups is 1. The van der Waals surface area contributed by atoms with Gasteiger partial charge in [-0.15, -0.1) is 0 Å². The number of carbonyl (C=O) groups excluding carboxylic acids is 1. The number of aromatic nitrogens is 1. The molecule has 1 N–H and O–H groups in total. The van der Waals surface area contributed by atoms with E-state index in [1.807, 2.05) is 0 Å². The van der Waals surface area contributed by atoms with Gasteiger partial charge < -0.3 is 4.90 Å². The first kappa shape index (κ1) is 14.5. The van der Waals surface area contributed by atoms with Gasteiger partial charge in [-0.1, -0.05) is 12.8 Å². The maximum atomic E-state index is 12.2. The van der Waals surface area contributed by atoms with Crippen molar-refractivity contribution in [3.8, 4) is 0 Å². The predicted octanol–water partition coefficient (Wildman–Crippen LogP) is 0.768. The number of pyridine rings is 1. The Morgan fingerprint density at radius 3 is 2.62 bits per heavy atom. The zero-order valence-electron chi connectivity index (χ0n) is 11.7. The average Bonchev–Trinajstić information content (AvgIpc) is 2.89. The van der Waals surface area contributed by atoms with Crippen LogP contribution >= 0.6 is 0 Å². The number of hydrogen-bond donors (Lipinski definition) is 1. The van der Waals surface area contributed by atoms with Crippen molar-refractivity contribution in [2.45, 2.75) is 37.0 Å². The van der Waals surface area contributed by atoms with Crippen LogP contribution in [0, 0.1) is 0 Å². The minimum atomic E-state index is -3.32. The summed E-state index contributed by atoms with van der Waals surface area (Å²) >= 11 is 0. The van der Waals surface area contributed by atoms with Gasteiger partial charge >= 0.3 is 0 Å². The van der Waals surface area contributed by atoms with Crippen LogP contribution in [0.4, 0.5) is 0 Å². The Labute approximate surface area is 124 Å². The lowest BCUT2D eigenvalue weighted by molar-refractivity contribution is 0.0657. The molecule has 1 aromatic rings. The van der Waals surface area contributed by atoms with E-state index in [4.69, 9.17) is 0 Å². The summed E-state index contributed by atoms with van der Waals surface area (Å²) in [6, 6.07) is 3.47. The normalized spacial score (nSPS) is 20.5. The predicted molar refractivity (Wildman–Crippen MR) is 78.2 cm³/mol. The molecular formula is C14H19N3O3S. The molecule has 1 saturated heterocycles. The molecule has 0 bridgehead atoms. The highest BCUT2D eigenvalue weighted by molar-refractivity contribution is 7.90. The zero-order chi connectivity index (χ0) is 14.9. The third-order valence-electron chi connectivity index (χ3n) is 4.17. The second kappa shape index (κ2) is 5.73. The summed E-state index contributed by atoms with van der Waals surface area (Å²) in [6.45, 7) is 0.519. The van der Waals surface area contributed by atoms with Crippen LogP contribution in [0.2, 0.25) is 0 Å². The molecule has 0 aromatic carbocycles. The first-order valence-corrected chi connectivity index (χ1v) is 8.81. The topological polar surface area (TPSA) is 79.4 Å². The fourth-order valence-corrected chi connectivity index (χ4v) is 4.49. The second-order valence-electron chi connectivity index (χ2n) is 5.72. The molecule has 1 aliphatic carbocycles. The standard InChI is InChI=1S/C14H19N3O3S/c18-14(11-4-3-7-15-8-11)17-9-13(10-17)21(19,20)16-12-5-1-2-6-12/h3-4,7-8,12-13,16H,1-2,5-6,9-10H2. The van der Waals surface area contributed by atoms with E-state index in [-0.39, 0.29) is 25.0 Å². The molecule has 6 nitrogen and oxygen atoms in total. The van der Waals surface area contributed by atoms with Gasteiger partial charge in [0.05, 0.1) is 5.56 Å². The lowest BCUT2D eigenvalue weighted by atomic mass is 10.1. The molecule has 21 heavy (non-hydrogen) atoms. The van der Waals surface area contributed by atoms with E-state index in [1.54, 1.807) is 23.2 Å². The fourth-order valence-electron chi connectivity index (χ4n) is 2.84. The van der Waals surface area contributed by atoms with Gasteiger partial charge in [0.25, 0.3) is 5.91 Å². The average molecular weight is 309 g/mol. The largest absolute Gasteiger partial charge is 0.336 e. The summed E-state index contributed by atoms with van der Waals surface area (Å²) in [5.41, 5.74) is 0.497. The van der Waals surface area contributed by atoms with Crippen molar-refractivity contribution in [1.29, 1.82) is 0 Å². The SMILES string of the molecule is O=C(c1cccnc1)N1CC(S(=O)(=O)NC2CCCC2)C1. The van der Waals surface area contributed by atoms with Gasteiger partial charge in [0.1, 0.15) is 5.25 Å². The van der Waals surface area contributed by atoms with Gasteiger partial charge in [0, 0.05) is 31.5 Å². The molecule has 1 saturated carbocycles. The van der Waals surface area contributed by atoms with Crippen molar-refractivity contribution in [1.82, 2.24) is 14.6 Å². The van der Waals surface area contributed by atoms with Gasteiger partial charge in [-0.05, 0) is 25.0 Å². The molecule has 1 amide bonds. The van der Waals surface area contributed by atoms with E-state index in [1.165, 1.54) is 6.20 Å². The van der Waals surface area contributed by atoms with Crippen molar-refractivity contribution < 1.29 is 13.2 Å². The molecule has 1 aromatic heterocycles. The molecule has 2 aliphatic rings. The van der Waals surface area contributed by atoms with Crippen molar-refractivity contribution in [3.63, 3.8) is 0 Å². The smallest absolute Gasteiger partial charge is 0.255 e. The molecule has 0 spiro atoms. The monoisotopic (exact) mass is 309 g/mol. The number of nitrogens with zero attached hydrogens (tertiary/aromatic N) is 2. The Kier molecular flexibility index (Phi) is 3.95. The van der Waals surface area contributed by atoms with Crippen LogP contribution in [0.1, 0.15) is 36.0 Å². The molecule has 0 unspecified atom stereocenters. The van der Waals surface area contributed by atoms with Crippen LogP contribution in [0.5, 0.6) is 0 Å². The molecular weight excluding hydrogens is 290 g/mol. The highest BCUT2D eigenvalue weighted by Crippen LogP contribution is 2.22. The van der Waals surface area contributed by atoms with Crippen LogP contribution in [0.15, 0.2) is 24.5 Å². The minimum Gasteiger partial charge on any atom is -0.336 e. The lowest BCUT2D eigenvalue weighted by Crippen LogP contribution is -2.60. The number of amides is 1. The molecule has 0 radical (unpaired) electrons. The van der Waals surface area contributed by atoms with E-state index in [2.05, 4.69) is 9.71 Å². The molecule has 114 valence electrons. The number of likely N-dealkylation sites (tertiary alicyclic amines) is 1. The zero-order valence-corrected chi connectivity index (χ0v) is 12.6. The Bertz CT molecular complexity index is 606. The fraction of sp³-hybridized carbons (Fsp3) is 0.571. The maximum absolute atomic E-state index is 12.2. The van der Waals surface area contributed by atoms with Crippen LogP contribution in [0.3, 0.4) is 0 Å². The summed E-state index contributed by atoms with van der Waals surface area (Å²) in [5.74, 6) is -0.157. The van der Waals surface area contributed by atoms with Gasteiger partial charge in [-0.25, -0.2) is 13.1 Å². The highest BCUT2D eigenvalue weighted by atomic mass is 32.2. The van der Waals surface area contributed by atoms with Gasteiger partial charge in [0.2, 0.25) is 10.0 Å². The van der Waals surface area contributed by atoms with Crippen molar-refractivity contribution in [2.75, 3.05) is 13.1 Å². The van der Waals surface area contributed by atoms with Crippen LogP contribution < -0.4 is 4.72 Å². The molecule has 0 atom stereocenters. The van der Waals surface area contributed by atoms with Crippen molar-refractivity contribution in [3.05, 3.63) is 30.1 Å². The number of hydrogen-bond acceptors (Lipinski definition) is 4. The summed E-state index contributed by atoms with van der Waals surface area (Å²) < 4.78 is 27.2. The van der Waals surface area contributed by atoms with Crippen LogP contribution in [0.25, 0.3) is 0 Å². The summed E-state index contributed by atoms with van der Waals surface area (Å²) in [6.07, 6.45) is 7.12. The second-order valence-corrected chi connectivity index (χ2v) is 7.71. The minimum absolute atomic E-state index is 0.0816. The Balaban J connectivity index is 1.56. The van der Waals surface area contributed by atoms with Gasteiger partial charge in [-0.2, -0.15) is 0 Å². The molecule has 3 rings (SSSR count). The Morgan fingerprint density at radius 1 is 1.29 bits per heavy atom. The Hall–Kier alpha value is -1.47. The molecule has 2 fully saturated rings. The summed E-state index contributed by atoms with van der Waals surface area (Å²) in [4.78, 5) is 17.6. The van der Waals surface area contributed by atoms with Crippen molar-refractivity contribution in [2.24, 2.45) is 0 Å². The van der Waals surface area contributed by atoms with E-state index in [9.17, 15) is 13.2 Å². The Morgan fingerprint density at radius 2 is 2.00 bits per heavy atom. The molecule has 2 heterocycles. The summed E-state index contributed by atoms with van der Waals surface area (Å²) in [5, 5.41) is -0.487. The third kappa shape index (κ3) is 3.08. The van der Waals surface area contributed by atoms with Crippen LogP contribution in [-0.2, 0) is 10.0 Å². The number of rotatable bonds is 4. The first-order chi connectivity index (χ1) is 10.1. The van der Waals surface area contributed by atoms with Gasteiger partial charge in [0.15, 0.2) is 0 Å². The lowest BCUT2D eigenvalue weighted by Gasteiger charge is -2.39. The first-order valence-electron chi connectivity index (χ1n) is 7.27. The van der Waals surface area contributed by atoms with E-state index >= 15 is 0 Å². The number of sulfonamides is 1. The van der Waals surface area contributed by atoms with Crippen molar-refractivity contribution >= 4 is 15.9 Å².